The number of aliphatic imine (C=N–C) groups is 1. The van der Waals surface area contributed by atoms with Gasteiger partial charge in [-0.3, -0.25) is 4.99 Å². The average Bonchev–Trinajstić information content (AvgIpc) is 2.82. The molecule has 0 aliphatic rings. The zero-order chi connectivity index (χ0) is 12.3. The fraction of sp³-hybridized carbons (Fsp3) is 0.583. The van der Waals surface area contributed by atoms with Crippen molar-refractivity contribution in [1.29, 1.82) is 0 Å². The van der Waals surface area contributed by atoms with E-state index in [1.54, 1.807) is 13.4 Å². The van der Waals surface area contributed by atoms with E-state index in [9.17, 15) is 0 Å². The van der Waals surface area contributed by atoms with Crippen molar-refractivity contribution in [3.8, 4) is 0 Å². The number of furan rings is 1. The molecule has 18 heavy (non-hydrogen) atoms. The maximum atomic E-state index is 5.25. The van der Waals surface area contributed by atoms with E-state index in [0.29, 0.717) is 13.2 Å². The van der Waals surface area contributed by atoms with E-state index in [1.807, 2.05) is 19.1 Å². The molecule has 1 heterocycles. The minimum absolute atomic E-state index is 0. The first-order chi connectivity index (χ1) is 8.36. The summed E-state index contributed by atoms with van der Waals surface area (Å²) in [5.74, 6) is 1.79. The minimum atomic E-state index is 0. The van der Waals surface area contributed by atoms with Gasteiger partial charge in [0.05, 0.1) is 19.4 Å². The molecule has 104 valence electrons. The summed E-state index contributed by atoms with van der Waals surface area (Å²) in [6.07, 6.45) is 2.54. The van der Waals surface area contributed by atoms with Crippen LogP contribution in [0.25, 0.3) is 0 Å². The van der Waals surface area contributed by atoms with Gasteiger partial charge in [-0.25, -0.2) is 0 Å². The minimum Gasteiger partial charge on any atom is -0.469 e. The number of nitrogens with zero attached hydrogens (tertiary/aromatic N) is 1. The van der Waals surface area contributed by atoms with Crippen LogP contribution in [0.5, 0.6) is 0 Å². The van der Waals surface area contributed by atoms with Crippen molar-refractivity contribution in [2.75, 3.05) is 33.4 Å². The quantitative estimate of drug-likeness (QED) is 0.333. The van der Waals surface area contributed by atoms with Crippen LogP contribution in [-0.4, -0.2) is 39.3 Å². The highest BCUT2D eigenvalue weighted by Crippen LogP contribution is 1.99. The molecule has 0 unspecified atom stereocenters. The number of rotatable bonds is 7. The molecule has 0 bridgehead atoms. The lowest BCUT2D eigenvalue weighted by atomic mass is 10.3. The van der Waals surface area contributed by atoms with Crippen LogP contribution in [0.4, 0.5) is 0 Å². The van der Waals surface area contributed by atoms with Gasteiger partial charge in [-0.1, -0.05) is 0 Å². The lowest BCUT2D eigenvalue weighted by Crippen LogP contribution is -2.38. The van der Waals surface area contributed by atoms with Gasteiger partial charge in [0.1, 0.15) is 5.76 Å². The average molecular weight is 367 g/mol. The standard InChI is InChI=1S/C12H21N3O2.HI/c1-3-13-12(15-8-10-16-2)14-7-6-11-5-4-9-17-11;/h4-5,9H,3,6-8,10H2,1-2H3,(H2,13,14,15);1H. The third-order valence-corrected chi connectivity index (χ3v) is 2.15. The van der Waals surface area contributed by atoms with Gasteiger partial charge >= 0.3 is 0 Å². The summed E-state index contributed by atoms with van der Waals surface area (Å²) in [5, 5.41) is 6.42. The molecule has 0 fully saturated rings. The molecular formula is C12H22IN3O2. The SMILES string of the molecule is CCNC(=NCCOC)NCCc1ccco1.I. The van der Waals surface area contributed by atoms with Gasteiger partial charge in [0.2, 0.25) is 0 Å². The Morgan fingerprint density at radius 3 is 2.89 bits per heavy atom. The van der Waals surface area contributed by atoms with Crippen LogP contribution in [-0.2, 0) is 11.2 Å². The van der Waals surface area contributed by atoms with Gasteiger partial charge in [0.25, 0.3) is 0 Å². The van der Waals surface area contributed by atoms with Crippen molar-refractivity contribution in [2.24, 2.45) is 4.99 Å². The van der Waals surface area contributed by atoms with Crippen LogP contribution < -0.4 is 10.6 Å². The molecule has 5 nitrogen and oxygen atoms in total. The Labute approximate surface area is 125 Å². The molecular weight excluding hydrogens is 345 g/mol. The summed E-state index contributed by atoms with van der Waals surface area (Å²) in [6, 6.07) is 3.86. The Morgan fingerprint density at radius 2 is 2.28 bits per heavy atom. The molecule has 6 heteroatoms. The van der Waals surface area contributed by atoms with E-state index >= 15 is 0 Å². The number of methoxy groups -OCH3 is 1. The summed E-state index contributed by atoms with van der Waals surface area (Å²) >= 11 is 0. The molecule has 0 amide bonds. The van der Waals surface area contributed by atoms with Crippen LogP contribution in [0.3, 0.4) is 0 Å². The molecule has 0 aromatic carbocycles. The maximum absolute atomic E-state index is 5.25. The van der Waals surface area contributed by atoms with Crippen molar-refractivity contribution in [3.63, 3.8) is 0 Å². The summed E-state index contributed by atoms with van der Waals surface area (Å²) in [4.78, 5) is 4.36. The lowest BCUT2D eigenvalue weighted by molar-refractivity contribution is 0.208. The van der Waals surface area contributed by atoms with Crippen molar-refractivity contribution < 1.29 is 9.15 Å². The topological polar surface area (TPSA) is 58.8 Å². The predicted octanol–water partition coefficient (Wildman–Crippen LogP) is 1.64. The first-order valence-corrected chi connectivity index (χ1v) is 5.90. The second-order valence-corrected chi connectivity index (χ2v) is 3.51. The zero-order valence-electron chi connectivity index (χ0n) is 10.9. The van der Waals surface area contributed by atoms with E-state index in [1.165, 1.54) is 0 Å². The third kappa shape index (κ3) is 7.54. The fourth-order valence-corrected chi connectivity index (χ4v) is 1.35. The van der Waals surface area contributed by atoms with Gasteiger partial charge < -0.3 is 19.8 Å². The van der Waals surface area contributed by atoms with E-state index in [0.717, 1.165) is 31.2 Å². The first kappa shape index (κ1) is 17.2. The Balaban J connectivity index is 0.00000289. The molecule has 0 spiro atoms. The maximum Gasteiger partial charge on any atom is 0.191 e. The normalized spacial score (nSPS) is 10.9. The van der Waals surface area contributed by atoms with Crippen molar-refractivity contribution in [1.82, 2.24) is 10.6 Å². The molecule has 1 aromatic heterocycles. The Hall–Kier alpha value is -0.760. The van der Waals surface area contributed by atoms with E-state index in [4.69, 9.17) is 9.15 Å². The van der Waals surface area contributed by atoms with E-state index < -0.39 is 0 Å². The second kappa shape index (κ2) is 11.3. The number of nitrogens with one attached hydrogen (secondary N) is 2. The Morgan fingerprint density at radius 1 is 1.44 bits per heavy atom. The highest BCUT2D eigenvalue weighted by atomic mass is 127. The molecule has 2 N–H and O–H groups in total. The third-order valence-electron chi connectivity index (χ3n) is 2.15. The zero-order valence-corrected chi connectivity index (χ0v) is 13.3. The number of ether oxygens (including phenoxy) is 1. The van der Waals surface area contributed by atoms with Crippen molar-refractivity contribution in [3.05, 3.63) is 24.2 Å². The number of hydrogen-bond donors (Lipinski definition) is 2. The fourth-order valence-electron chi connectivity index (χ4n) is 1.35. The van der Waals surface area contributed by atoms with Gasteiger partial charge in [-0.05, 0) is 19.1 Å². The summed E-state index contributed by atoms with van der Waals surface area (Å²) < 4.78 is 10.2. The monoisotopic (exact) mass is 367 g/mol. The number of hydrogen-bond acceptors (Lipinski definition) is 3. The largest absolute Gasteiger partial charge is 0.469 e. The highest BCUT2D eigenvalue weighted by Gasteiger charge is 1.98. The molecule has 0 atom stereocenters. The van der Waals surface area contributed by atoms with Gasteiger partial charge in [0, 0.05) is 26.6 Å². The van der Waals surface area contributed by atoms with Gasteiger partial charge in [0.15, 0.2) is 5.96 Å². The molecule has 1 aromatic rings. The summed E-state index contributed by atoms with van der Waals surface area (Å²) in [5.41, 5.74) is 0. The van der Waals surface area contributed by atoms with Crippen molar-refractivity contribution >= 4 is 29.9 Å². The Kier molecular flexibility index (Phi) is 10.9. The second-order valence-electron chi connectivity index (χ2n) is 3.51. The van der Waals surface area contributed by atoms with Gasteiger partial charge in [-0.15, -0.1) is 24.0 Å². The molecule has 0 aliphatic carbocycles. The van der Waals surface area contributed by atoms with Crippen LogP contribution >= 0.6 is 24.0 Å². The predicted molar refractivity (Wildman–Crippen MR) is 83.7 cm³/mol. The number of guanidine groups is 1. The summed E-state index contributed by atoms with van der Waals surface area (Å²) in [7, 11) is 1.67. The molecule has 1 rings (SSSR count). The molecule has 0 aliphatic heterocycles. The smallest absolute Gasteiger partial charge is 0.191 e. The highest BCUT2D eigenvalue weighted by molar-refractivity contribution is 14.0. The van der Waals surface area contributed by atoms with Gasteiger partial charge in [-0.2, -0.15) is 0 Å². The Bertz CT molecular complexity index is 315. The van der Waals surface area contributed by atoms with Crippen LogP contribution in [0.2, 0.25) is 0 Å². The van der Waals surface area contributed by atoms with E-state index in [2.05, 4.69) is 15.6 Å². The van der Waals surface area contributed by atoms with E-state index in [-0.39, 0.29) is 24.0 Å². The number of halogens is 1. The lowest BCUT2D eigenvalue weighted by Gasteiger charge is -2.10. The van der Waals surface area contributed by atoms with Crippen LogP contribution in [0.15, 0.2) is 27.8 Å². The van der Waals surface area contributed by atoms with Crippen LogP contribution in [0.1, 0.15) is 12.7 Å². The molecule has 0 radical (unpaired) electrons. The molecule has 0 saturated carbocycles. The van der Waals surface area contributed by atoms with Crippen molar-refractivity contribution in [2.45, 2.75) is 13.3 Å². The summed E-state index contributed by atoms with van der Waals surface area (Å²) in [6.45, 7) is 4.98. The van der Waals surface area contributed by atoms with Crippen LogP contribution in [0, 0.1) is 0 Å². The molecule has 0 saturated heterocycles. The first-order valence-electron chi connectivity index (χ1n) is 5.90.